The van der Waals surface area contributed by atoms with E-state index in [0.29, 0.717) is 0 Å². The van der Waals surface area contributed by atoms with Crippen molar-refractivity contribution in [3.8, 4) is 0 Å². The lowest BCUT2D eigenvalue weighted by Crippen LogP contribution is -2.20. The topological polar surface area (TPSA) is 24.4 Å². The molecule has 0 aromatic carbocycles. The van der Waals surface area contributed by atoms with Crippen LogP contribution < -0.4 is 5.32 Å². The first-order valence-electron chi connectivity index (χ1n) is 4.81. The lowest BCUT2D eigenvalue weighted by Gasteiger charge is -2.05. The fourth-order valence-electron chi connectivity index (χ4n) is 1.10. The molecule has 0 aromatic heterocycles. The van der Waals surface area contributed by atoms with Crippen molar-refractivity contribution in [2.75, 3.05) is 13.1 Å². The number of amidine groups is 1. The van der Waals surface area contributed by atoms with Crippen molar-refractivity contribution in [2.45, 2.75) is 38.4 Å². The molecule has 12 heavy (non-hydrogen) atoms. The molecule has 1 aliphatic rings. The Kier molecular flexibility index (Phi) is 4.51. The van der Waals surface area contributed by atoms with Crippen LogP contribution in [-0.4, -0.2) is 23.5 Å². The van der Waals surface area contributed by atoms with Gasteiger partial charge in [0.25, 0.3) is 0 Å². The van der Waals surface area contributed by atoms with E-state index < -0.39 is 0 Å². The van der Waals surface area contributed by atoms with Crippen LogP contribution in [0, 0.1) is 0 Å². The Bertz CT molecular complexity index is 157. The minimum absolute atomic E-state index is 0.731. The Morgan fingerprint density at radius 2 is 2.42 bits per heavy atom. The molecule has 0 saturated carbocycles. The van der Waals surface area contributed by atoms with Gasteiger partial charge >= 0.3 is 0 Å². The van der Waals surface area contributed by atoms with Crippen LogP contribution in [0.25, 0.3) is 0 Å². The molecular formula is C9H18N2S. The van der Waals surface area contributed by atoms with Crippen LogP contribution in [0.4, 0.5) is 0 Å². The van der Waals surface area contributed by atoms with Gasteiger partial charge in [0.15, 0.2) is 5.17 Å². The number of thioether (sulfide) groups is 1. The van der Waals surface area contributed by atoms with E-state index in [1.54, 1.807) is 0 Å². The maximum atomic E-state index is 4.43. The Morgan fingerprint density at radius 3 is 3.00 bits per heavy atom. The number of hydrogen-bond acceptors (Lipinski definition) is 3. The summed E-state index contributed by atoms with van der Waals surface area (Å²) in [6, 6.07) is 0. The van der Waals surface area contributed by atoms with Gasteiger partial charge in [-0.25, -0.2) is 0 Å². The van der Waals surface area contributed by atoms with Gasteiger partial charge in [0, 0.05) is 11.8 Å². The maximum absolute atomic E-state index is 4.43. The summed E-state index contributed by atoms with van der Waals surface area (Å²) in [7, 11) is 0. The number of nitrogens with one attached hydrogen (secondary N) is 1. The van der Waals surface area contributed by atoms with E-state index in [-0.39, 0.29) is 0 Å². The summed E-state index contributed by atoms with van der Waals surface area (Å²) in [6.07, 6.45) is 3.73. The molecule has 1 unspecified atom stereocenters. The molecular weight excluding hydrogens is 168 g/mol. The van der Waals surface area contributed by atoms with Crippen molar-refractivity contribution in [3.05, 3.63) is 0 Å². The van der Waals surface area contributed by atoms with E-state index in [0.717, 1.165) is 23.5 Å². The average molecular weight is 186 g/mol. The highest BCUT2D eigenvalue weighted by Crippen LogP contribution is 2.21. The number of aliphatic imine (C=N–C) groups is 1. The molecule has 0 fully saturated rings. The molecule has 0 radical (unpaired) electrons. The van der Waals surface area contributed by atoms with Gasteiger partial charge in [0.2, 0.25) is 0 Å². The van der Waals surface area contributed by atoms with Crippen LogP contribution in [0.3, 0.4) is 0 Å². The molecule has 1 heterocycles. The molecule has 0 spiro atoms. The summed E-state index contributed by atoms with van der Waals surface area (Å²) in [4.78, 5) is 4.43. The zero-order valence-electron chi connectivity index (χ0n) is 7.97. The van der Waals surface area contributed by atoms with E-state index in [1.807, 2.05) is 11.8 Å². The molecule has 3 heteroatoms. The molecule has 0 saturated heterocycles. The Balaban J connectivity index is 2.10. The molecule has 2 nitrogen and oxygen atoms in total. The van der Waals surface area contributed by atoms with Gasteiger partial charge in [0.1, 0.15) is 0 Å². The van der Waals surface area contributed by atoms with Crippen molar-refractivity contribution in [1.29, 1.82) is 0 Å². The zero-order valence-corrected chi connectivity index (χ0v) is 8.78. The molecule has 0 bridgehead atoms. The van der Waals surface area contributed by atoms with E-state index in [1.165, 1.54) is 19.3 Å². The van der Waals surface area contributed by atoms with Crippen LogP contribution in [0.2, 0.25) is 0 Å². The first-order valence-corrected chi connectivity index (χ1v) is 5.69. The fraction of sp³-hybridized carbons (Fsp3) is 0.889. The van der Waals surface area contributed by atoms with Gasteiger partial charge in [-0.2, -0.15) is 0 Å². The van der Waals surface area contributed by atoms with Crippen molar-refractivity contribution >= 4 is 16.9 Å². The highest BCUT2D eigenvalue weighted by atomic mass is 32.2. The molecule has 1 rings (SSSR count). The van der Waals surface area contributed by atoms with Crippen LogP contribution >= 0.6 is 11.8 Å². The summed E-state index contributed by atoms with van der Waals surface area (Å²) < 4.78 is 0. The normalized spacial score (nSPS) is 22.5. The van der Waals surface area contributed by atoms with Gasteiger partial charge < -0.3 is 5.32 Å². The molecule has 1 atom stereocenters. The summed E-state index contributed by atoms with van der Waals surface area (Å²) in [5.74, 6) is 0. The standard InChI is InChI=1S/C9H18N2S/c1-3-5-6-10-9-11-7-8(4-2)12-9/h8H,3-7H2,1-2H3,(H,10,11). The highest BCUT2D eigenvalue weighted by Gasteiger charge is 2.16. The number of unbranched alkanes of at least 4 members (excludes halogenated alkanes) is 1. The highest BCUT2D eigenvalue weighted by molar-refractivity contribution is 8.14. The smallest absolute Gasteiger partial charge is 0.156 e. The maximum Gasteiger partial charge on any atom is 0.156 e. The van der Waals surface area contributed by atoms with Gasteiger partial charge in [0.05, 0.1) is 6.54 Å². The Labute approximate surface area is 79.2 Å². The SMILES string of the molecule is CCCCNC1=NCC(CC)S1. The summed E-state index contributed by atoms with van der Waals surface area (Å²) in [5, 5.41) is 5.25. The first kappa shape index (κ1) is 9.90. The van der Waals surface area contributed by atoms with Crippen LogP contribution in [0.5, 0.6) is 0 Å². The number of rotatable bonds is 4. The van der Waals surface area contributed by atoms with Gasteiger partial charge in [-0.15, -0.1) is 0 Å². The summed E-state index contributed by atoms with van der Waals surface area (Å²) >= 11 is 1.90. The van der Waals surface area contributed by atoms with Gasteiger partial charge in [-0.1, -0.05) is 32.0 Å². The predicted molar refractivity (Wildman–Crippen MR) is 56.9 cm³/mol. The second-order valence-electron chi connectivity index (χ2n) is 3.07. The van der Waals surface area contributed by atoms with E-state index in [2.05, 4.69) is 24.2 Å². The van der Waals surface area contributed by atoms with Crippen molar-refractivity contribution in [3.63, 3.8) is 0 Å². The molecule has 1 N–H and O–H groups in total. The molecule has 70 valence electrons. The third-order valence-electron chi connectivity index (χ3n) is 1.98. The molecule has 0 amide bonds. The summed E-state index contributed by atoms with van der Waals surface area (Å²) in [6.45, 7) is 6.52. The largest absolute Gasteiger partial charge is 0.365 e. The van der Waals surface area contributed by atoms with Crippen molar-refractivity contribution < 1.29 is 0 Å². The quantitative estimate of drug-likeness (QED) is 0.681. The third kappa shape index (κ3) is 3.05. The van der Waals surface area contributed by atoms with E-state index in [9.17, 15) is 0 Å². The van der Waals surface area contributed by atoms with E-state index >= 15 is 0 Å². The summed E-state index contributed by atoms with van der Waals surface area (Å²) in [5.41, 5.74) is 0. The average Bonchev–Trinajstić information content (AvgIpc) is 2.53. The lowest BCUT2D eigenvalue weighted by atomic mass is 10.3. The minimum atomic E-state index is 0.731. The second kappa shape index (κ2) is 5.46. The van der Waals surface area contributed by atoms with Crippen LogP contribution in [0.15, 0.2) is 4.99 Å². The van der Waals surface area contributed by atoms with Crippen molar-refractivity contribution in [1.82, 2.24) is 5.32 Å². The Morgan fingerprint density at radius 1 is 1.58 bits per heavy atom. The van der Waals surface area contributed by atoms with E-state index in [4.69, 9.17) is 0 Å². The van der Waals surface area contributed by atoms with Crippen LogP contribution in [0.1, 0.15) is 33.1 Å². The molecule has 0 aromatic rings. The number of hydrogen-bond donors (Lipinski definition) is 1. The predicted octanol–water partition coefficient (Wildman–Crippen LogP) is 2.26. The van der Waals surface area contributed by atoms with Crippen LogP contribution in [-0.2, 0) is 0 Å². The zero-order chi connectivity index (χ0) is 8.81. The molecule has 1 aliphatic heterocycles. The first-order chi connectivity index (χ1) is 5.86. The second-order valence-corrected chi connectivity index (χ2v) is 4.36. The van der Waals surface area contributed by atoms with Crippen molar-refractivity contribution in [2.24, 2.45) is 4.99 Å². The Hall–Kier alpha value is -0.180. The third-order valence-corrected chi connectivity index (χ3v) is 3.29. The molecule has 0 aliphatic carbocycles. The van der Waals surface area contributed by atoms with Gasteiger partial charge in [-0.05, 0) is 12.8 Å². The van der Waals surface area contributed by atoms with Gasteiger partial charge in [-0.3, -0.25) is 4.99 Å². The monoisotopic (exact) mass is 186 g/mol. The fourth-order valence-corrected chi connectivity index (χ4v) is 2.07. The lowest BCUT2D eigenvalue weighted by molar-refractivity contribution is 0.757. The minimum Gasteiger partial charge on any atom is -0.365 e. The number of nitrogens with zero attached hydrogens (tertiary/aromatic N) is 1.